The number of carboxylic acids is 1. The van der Waals surface area contributed by atoms with Gasteiger partial charge in [-0.05, 0) is 25.7 Å². The van der Waals surface area contributed by atoms with Gasteiger partial charge in [-0.1, -0.05) is 64.7 Å². The SMILES string of the molecule is CCCCCCCC(O)CC(CCCCCCCC(=O)O)S(=O)(=O)O. The lowest BCUT2D eigenvalue weighted by Crippen LogP contribution is -2.26. The molecule has 0 aliphatic heterocycles. The molecular formula is C18H36O6S. The number of aliphatic carboxylic acids is 1. The molecule has 2 unspecified atom stereocenters. The predicted octanol–water partition coefficient (Wildman–Crippen LogP) is 4.17. The number of aliphatic hydroxyl groups is 1. The average molecular weight is 381 g/mol. The summed E-state index contributed by atoms with van der Waals surface area (Å²) in [6.45, 7) is 2.14. The Bertz CT molecular complexity index is 435. The van der Waals surface area contributed by atoms with E-state index in [1.54, 1.807) is 0 Å². The molecule has 3 N–H and O–H groups in total. The zero-order valence-electron chi connectivity index (χ0n) is 15.5. The van der Waals surface area contributed by atoms with Gasteiger partial charge in [0.15, 0.2) is 0 Å². The molecule has 0 aromatic carbocycles. The van der Waals surface area contributed by atoms with E-state index >= 15 is 0 Å². The quantitative estimate of drug-likeness (QED) is 0.258. The smallest absolute Gasteiger partial charge is 0.303 e. The lowest BCUT2D eigenvalue weighted by Gasteiger charge is -2.18. The number of hydrogen-bond donors (Lipinski definition) is 3. The van der Waals surface area contributed by atoms with Gasteiger partial charge in [0, 0.05) is 6.42 Å². The van der Waals surface area contributed by atoms with Crippen LogP contribution in [-0.2, 0) is 14.9 Å². The predicted molar refractivity (Wildman–Crippen MR) is 99.3 cm³/mol. The van der Waals surface area contributed by atoms with E-state index in [0.717, 1.165) is 44.9 Å². The summed E-state index contributed by atoms with van der Waals surface area (Å²) in [5.41, 5.74) is 0. The van der Waals surface area contributed by atoms with Crippen LogP contribution in [-0.4, -0.2) is 40.5 Å². The molecule has 0 saturated heterocycles. The van der Waals surface area contributed by atoms with Gasteiger partial charge in [0.2, 0.25) is 0 Å². The van der Waals surface area contributed by atoms with Crippen LogP contribution in [0.25, 0.3) is 0 Å². The van der Waals surface area contributed by atoms with Crippen LogP contribution in [0.4, 0.5) is 0 Å². The van der Waals surface area contributed by atoms with E-state index in [-0.39, 0.29) is 12.8 Å². The van der Waals surface area contributed by atoms with Gasteiger partial charge in [-0.3, -0.25) is 9.35 Å². The first-order chi connectivity index (χ1) is 11.8. The third kappa shape index (κ3) is 15.3. The van der Waals surface area contributed by atoms with Gasteiger partial charge >= 0.3 is 5.97 Å². The fraction of sp³-hybridized carbons (Fsp3) is 0.944. The van der Waals surface area contributed by atoms with E-state index in [9.17, 15) is 22.9 Å². The minimum absolute atomic E-state index is 0.0889. The van der Waals surface area contributed by atoms with Crippen molar-refractivity contribution in [2.75, 3.05) is 0 Å². The standard InChI is InChI=1S/C18H36O6S/c1-2-3-4-6-9-12-16(19)15-17(25(22,23)24)13-10-7-5-8-11-14-18(20)21/h16-17,19H,2-15H2,1H3,(H,20,21)(H,22,23,24). The van der Waals surface area contributed by atoms with Crippen molar-refractivity contribution in [2.24, 2.45) is 0 Å². The molecule has 7 heteroatoms. The van der Waals surface area contributed by atoms with E-state index in [1.165, 1.54) is 6.42 Å². The summed E-state index contributed by atoms with van der Waals surface area (Å²) in [5, 5.41) is 17.7. The summed E-state index contributed by atoms with van der Waals surface area (Å²) in [5.74, 6) is -0.796. The summed E-state index contributed by atoms with van der Waals surface area (Å²) in [4.78, 5) is 10.4. The van der Waals surface area contributed by atoms with Crippen molar-refractivity contribution in [3.63, 3.8) is 0 Å². The molecule has 0 saturated carbocycles. The largest absolute Gasteiger partial charge is 0.481 e. The van der Waals surface area contributed by atoms with Gasteiger partial charge in [-0.2, -0.15) is 8.42 Å². The normalized spacial score (nSPS) is 14.4. The van der Waals surface area contributed by atoms with E-state index in [1.807, 2.05) is 0 Å². The fourth-order valence-electron chi connectivity index (χ4n) is 2.97. The highest BCUT2D eigenvalue weighted by Gasteiger charge is 2.25. The third-order valence-electron chi connectivity index (χ3n) is 4.51. The van der Waals surface area contributed by atoms with Crippen molar-refractivity contribution in [2.45, 2.75) is 108 Å². The van der Waals surface area contributed by atoms with Crippen LogP contribution in [0.15, 0.2) is 0 Å². The zero-order valence-corrected chi connectivity index (χ0v) is 16.3. The van der Waals surface area contributed by atoms with Crippen LogP contribution in [0.2, 0.25) is 0 Å². The molecule has 2 atom stereocenters. The molecule has 0 amide bonds. The Balaban J connectivity index is 3.99. The number of aliphatic hydroxyl groups excluding tert-OH is 1. The number of rotatable bonds is 17. The summed E-state index contributed by atoms with van der Waals surface area (Å²) < 4.78 is 32.4. The topological polar surface area (TPSA) is 112 Å². The summed E-state index contributed by atoms with van der Waals surface area (Å²) in [6, 6.07) is 0. The molecule has 25 heavy (non-hydrogen) atoms. The highest BCUT2D eigenvalue weighted by atomic mass is 32.2. The van der Waals surface area contributed by atoms with Crippen molar-refractivity contribution in [1.29, 1.82) is 0 Å². The second-order valence-electron chi connectivity index (χ2n) is 6.93. The monoisotopic (exact) mass is 380 g/mol. The zero-order chi connectivity index (χ0) is 19.1. The van der Waals surface area contributed by atoms with Crippen LogP contribution in [0, 0.1) is 0 Å². The summed E-state index contributed by atoms with van der Waals surface area (Å²) in [7, 11) is -4.15. The Hall–Kier alpha value is -0.660. The Labute approximate surface area is 152 Å². The first-order valence-corrected chi connectivity index (χ1v) is 11.1. The third-order valence-corrected chi connectivity index (χ3v) is 5.78. The average Bonchev–Trinajstić information content (AvgIpc) is 2.51. The van der Waals surface area contributed by atoms with Crippen molar-refractivity contribution < 1.29 is 28.0 Å². The molecule has 0 fully saturated rings. The lowest BCUT2D eigenvalue weighted by molar-refractivity contribution is -0.137. The van der Waals surface area contributed by atoms with E-state index in [4.69, 9.17) is 5.11 Å². The van der Waals surface area contributed by atoms with Crippen LogP contribution >= 0.6 is 0 Å². The number of carbonyl (C=O) groups is 1. The van der Waals surface area contributed by atoms with Gasteiger partial charge in [0.1, 0.15) is 0 Å². The highest BCUT2D eigenvalue weighted by Crippen LogP contribution is 2.19. The van der Waals surface area contributed by atoms with E-state index in [2.05, 4.69) is 6.92 Å². The maximum atomic E-state index is 11.5. The van der Waals surface area contributed by atoms with Crippen LogP contribution in [0.3, 0.4) is 0 Å². The molecule has 0 rings (SSSR count). The van der Waals surface area contributed by atoms with Gasteiger partial charge < -0.3 is 10.2 Å². The highest BCUT2D eigenvalue weighted by molar-refractivity contribution is 7.86. The second-order valence-corrected chi connectivity index (χ2v) is 8.63. The number of carboxylic acid groups (broad SMARTS) is 1. The van der Waals surface area contributed by atoms with E-state index in [0.29, 0.717) is 25.7 Å². The molecule has 0 heterocycles. The Morgan fingerprint density at radius 1 is 0.880 bits per heavy atom. The number of unbranched alkanes of at least 4 members (excludes halogenated alkanes) is 8. The Morgan fingerprint density at radius 2 is 1.40 bits per heavy atom. The summed E-state index contributed by atoms with van der Waals surface area (Å²) in [6.07, 6.45) is 9.61. The van der Waals surface area contributed by atoms with Gasteiger partial charge in [0.25, 0.3) is 10.1 Å². The molecule has 0 radical (unpaired) electrons. The molecule has 0 aromatic heterocycles. The molecule has 0 aromatic rings. The molecule has 0 aliphatic carbocycles. The first-order valence-electron chi connectivity index (χ1n) is 9.63. The first kappa shape index (κ1) is 24.3. The van der Waals surface area contributed by atoms with Gasteiger partial charge in [0.05, 0.1) is 11.4 Å². The van der Waals surface area contributed by atoms with Crippen molar-refractivity contribution in [1.82, 2.24) is 0 Å². The van der Waals surface area contributed by atoms with Crippen molar-refractivity contribution in [3.05, 3.63) is 0 Å². The minimum atomic E-state index is -4.15. The number of hydrogen-bond acceptors (Lipinski definition) is 4. The summed E-state index contributed by atoms with van der Waals surface area (Å²) >= 11 is 0. The Morgan fingerprint density at radius 3 is 1.96 bits per heavy atom. The lowest BCUT2D eigenvalue weighted by atomic mass is 10.0. The molecule has 0 spiro atoms. The maximum absolute atomic E-state index is 11.5. The minimum Gasteiger partial charge on any atom is -0.481 e. The molecule has 150 valence electrons. The molecular weight excluding hydrogens is 344 g/mol. The molecule has 0 bridgehead atoms. The Kier molecular flexibility index (Phi) is 14.1. The van der Waals surface area contributed by atoms with Gasteiger partial charge in [-0.15, -0.1) is 0 Å². The fourth-order valence-corrected chi connectivity index (χ4v) is 3.90. The van der Waals surface area contributed by atoms with E-state index < -0.39 is 27.4 Å². The van der Waals surface area contributed by atoms with Crippen molar-refractivity contribution in [3.8, 4) is 0 Å². The van der Waals surface area contributed by atoms with Gasteiger partial charge in [-0.25, -0.2) is 0 Å². The second kappa shape index (κ2) is 14.5. The van der Waals surface area contributed by atoms with Crippen LogP contribution in [0.1, 0.15) is 96.8 Å². The maximum Gasteiger partial charge on any atom is 0.303 e. The van der Waals surface area contributed by atoms with Crippen molar-refractivity contribution >= 4 is 16.1 Å². The van der Waals surface area contributed by atoms with Crippen LogP contribution < -0.4 is 0 Å². The van der Waals surface area contributed by atoms with Crippen LogP contribution in [0.5, 0.6) is 0 Å². The molecule has 0 aliphatic rings. The molecule has 6 nitrogen and oxygen atoms in total.